The van der Waals surface area contributed by atoms with Gasteiger partial charge in [0, 0.05) is 18.3 Å². The normalized spacial score (nSPS) is 31.1. The molecule has 2 aliphatic carbocycles. The van der Waals surface area contributed by atoms with Crippen molar-refractivity contribution in [2.45, 2.75) is 44.7 Å². The highest BCUT2D eigenvalue weighted by atomic mass is 32.1. The lowest BCUT2D eigenvalue weighted by molar-refractivity contribution is 0.327. The Kier molecular flexibility index (Phi) is 2.85. The molecule has 2 fully saturated rings. The topological polar surface area (TPSA) is 24.9 Å². The molecular formula is C16H20N2S. The fraction of sp³-hybridized carbons (Fsp3) is 0.562. The standard InChI is InChI=1S/C16H20N2S/c1-10(18-15-7-11-2-3-12(15)6-11)13-8-16-14(17-9-13)4-5-19-16/h4-5,8-12,15,18H,2-3,6-7H2,1H3. The monoisotopic (exact) mass is 272 g/mol. The molecule has 0 radical (unpaired) electrons. The molecule has 3 heteroatoms. The molecule has 2 aromatic heterocycles. The first-order valence-corrected chi connectivity index (χ1v) is 8.27. The molecule has 2 aromatic rings. The van der Waals surface area contributed by atoms with Crippen molar-refractivity contribution in [1.29, 1.82) is 0 Å². The second-order valence-corrected chi connectivity index (χ2v) is 7.19. The molecule has 0 aromatic carbocycles. The van der Waals surface area contributed by atoms with Crippen molar-refractivity contribution in [3.05, 3.63) is 29.3 Å². The Balaban J connectivity index is 1.51. The smallest absolute Gasteiger partial charge is 0.0809 e. The molecular weight excluding hydrogens is 252 g/mol. The molecule has 2 bridgehead atoms. The molecule has 2 aliphatic rings. The Bertz CT molecular complexity index is 591. The lowest BCUT2D eigenvalue weighted by atomic mass is 9.94. The number of hydrogen-bond acceptors (Lipinski definition) is 3. The minimum absolute atomic E-state index is 0.420. The van der Waals surface area contributed by atoms with Gasteiger partial charge in [-0.15, -0.1) is 11.3 Å². The van der Waals surface area contributed by atoms with Crippen molar-refractivity contribution >= 4 is 21.6 Å². The van der Waals surface area contributed by atoms with Crippen molar-refractivity contribution in [3.8, 4) is 0 Å². The van der Waals surface area contributed by atoms with E-state index in [0.29, 0.717) is 6.04 Å². The largest absolute Gasteiger partial charge is 0.307 e. The molecule has 0 spiro atoms. The highest BCUT2D eigenvalue weighted by molar-refractivity contribution is 7.17. The average Bonchev–Trinajstić information content (AvgIpc) is 3.13. The Morgan fingerprint density at radius 1 is 1.37 bits per heavy atom. The summed E-state index contributed by atoms with van der Waals surface area (Å²) in [5.41, 5.74) is 2.46. The van der Waals surface area contributed by atoms with Crippen LogP contribution in [-0.4, -0.2) is 11.0 Å². The summed E-state index contributed by atoms with van der Waals surface area (Å²) in [4.78, 5) is 4.56. The third-order valence-electron chi connectivity index (χ3n) is 5.03. The van der Waals surface area contributed by atoms with Crippen LogP contribution in [0.1, 0.15) is 44.2 Å². The fourth-order valence-electron chi connectivity index (χ4n) is 3.96. The number of pyridine rings is 1. The van der Waals surface area contributed by atoms with Gasteiger partial charge in [-0.2, -0.15) is 0 Å². The van der Waals surface area contributed by atoms with E-state index in [-0.39, 0.29) is 0 Å². The Labute approximate surface area is 118 Å². The van der Waals surface area contributed by atoms with Gasteiger partial charge in [0.15, 0.2) is 0 Å². The molecule has 0 amide bonds. The zero-order valence-corrected chi connectivity index (χ0v) is 12.1. The van der Waals surface area contributed by atoms with E-state index < -0.39 is 0 Å². The number of hydrogen-bond donors (Lipinski definition) is 1. The van der Waals surface area contributed by atoms with Gasteiger partial charge in [0.25, 0.3) is 0 Å². The average molecular weight is 272 g/mol. The van der Waals surface area contributed by atoms with Gasteiger partial charge in [-0.05, 0) is 61.1 Å². The van der Waals surface area contributed by atoms with Crippen molar-refractivity contribution in [3.63, 3.8) is 0 Å². The van der Waals surface area contributed by atoms with Gasteiger partial charge in [0.1, 0.15) is 0 Å². The van der Waals surface area contributed by atoms with Gasteiger partial charge in [-0.1, -0.05) is 6.42 Å². The van der Waals surface area contributed by atoms with E-state index in [0.717, 1.165) is 23.4 Å². The SMILES string of the molecule is CC(NC1CC2CCC1C2)c1cnc2ccsc2c1. The number of thiophene rings is 1. The minimum atomic E-state index is 0.420. The number of nitrogens with zero attached hydrogens (tertiary/aromatic N) is 1. The van der Waals surface area contributed by atoms with E-state index in [1.807, 2.05) is 6.20 Å². The van der Waals surface area contributed by atoms with Gasteiger partial charge in [0.2, 0.25) is 0 Å². The summed E-state index contributed by atoms with van der Waals surface area (Å²) in [5, 5.41) is 5.97. The summed E-state index contributed by atoms with van der Waals surface area (Å²) in [5.74, 6) is 1.94. The van der Waals surface area contributed by atoms with Gasteiger partial charge in [0.05, 0.1) is 10.2 Å². The summed E-state index contributed by atoms with van der Waals surface area (Å²) in [6.07, 6.45) is 7.81. The number of rotatable bonds is 3. The van der Waals surface area contributed by atoms with Crippen LogP contribution >= 0.6 is 11.3 Å². The number of aromatic nitrogens is 1. The zero-order valence-electron chi connectivity index (χ0n) is 11.3. The molecule has 19 heavy (non-hydrogen) atoms. The van der Waals surface area contributed by atoms with Crippen LogP contribution in [0.15, 0.2) is 23.7 Å². The van der Waals surface area contributed by atoms with Crippen LogP contribution in [0.2, 0.25) is 0 Å². The van der Waals surface area contributed by atoms with Crippen LogP contribution in [-0.2, 0) is 0 Å². The first-order chi connectivity index (χ1) is 9.29. The summed E-state index contributed by atoms with van der Waals surface area (Å²) in [6, 6.07) is 5.56. The summed E-state index contributed by atoms with van der Waals surface area (Å²) >= 11 is 1.78. The van der Waals surface area contributed by atoms with Gasteiger partial charge < -0.3 is 5.32 Å². The Morgan fingerprint density at radius 2 is 2.32 bits per heavy atom. The van der Waals surface area contributed by atoms with Crippen LogP contribution in [0.3, 0.4) is 0 Å². The third-order valence-corrected chi connectivity index (χ3v) is 5.88. The summed E-state index contributed by atoms with van der Waals surface area (Å²) < 4.78 is 1.30. The van der Waals surface area contributed by atoms with Crippen molar-refractivity contribution < 1.29 is 0 Å². The lowest BCUT2D eigenvalue weighted by Crippen LogP contribution is -2.35. The third kappa shape index (κ3) is 2.09. The zero-order chi connectivity index (χ0) is 12.8. The van der Waals surface area contributed by atoms with E-state index in [2.05, 4.69) is 34.7 Å². The molecule has 1 N–H and O–H groups in total. The minimum Gasteiger partial charge on any atom is -0.307 e. The van der Waals surface area contributed by atoms with Crippen LogP contribution in [0, 0.1) is 11.8 Å². The van der Waals surface area contributed by atoms with E-state index in [1.165, 1.54) is 35.9 Å². The maximum absolute atomic E-state index is 4.56. The molecule has 4 unspecified atom stereocenters. The summed E-state index contributed by atoms with van der Waals surface area (Å²) in [6.45, 7) is 2.28. The number of nitrogens with one attached hydrogen (secondary N) is 1. The fourth-order valence-corrected chi connectivity index (χ4v) is 4.75. The second-order valence-electron chi connectivity index (χ2n) is 6.24. The highest BCUT2D eigenvalue weighted by Gasteiger charge is 2.39. The molecule has 0 saturated heterocycles. The van der Waals surface area contributed by atoms with E-state index in [4.69, 9.17) is 0 Å². The van der Waals surface area contributed by atoms with Crippen LogP contribution < -0.4 is 5.32 Å². The highest BCUT2D eigenvalue weighted by Crippen LogP contribution is 2.45. The number of fused-ring (bicyclic) bond motifs is 3. The molecule has 4 atom stereocenters. The van der Waals surface area contributed by atoms with E-state index in [9.17, 15) is 0 Å². The van der Waals surface area contributed by atoms with Crippen LogP contribution in [0.4, 0.5) is 0 Å². The maximum Gasteiger partial charge on any atom is 0.0809 e. The Morgan fingerprint density at radius 3 is 3.11 bits per heavy atom. The Hall–Kier alpha value is -0.930. The molecule has 2 heterocycles. The van der Waals surface area contributed by atoms with Gasteiger partial charge in [-0.3, -0.25) is 4.98 Å². The molecule has 2 nitrogen and oxygen atoms in total. The van der Waals surface area contributed by atoms with Gasteiger partial charge >= 0.3 is 0 Å². The summed E-state index contributed by atoms with van der Waals surface area (Å²) in [7, 11) is 0. The molecule has 4 rings (SSSR count). The first kappa shape index (κ1) is 11.9. The molecule has 100 valence electrons. The predicted molar refractivity (Wildman–Crippen MR) is 80.4 cm³/mol. The first-order valence-electron chi connectivity index (χ1n) is 7.39. The van der Waals surface area contributed by atoms with Crippen molar-refractivity contribution in [2.75, 3.05) is 0 Å². The van der Waals surface area contributed by atoms with Crippen LogP contribution in [0.25, 0.3) is 10.2 Å². The van der Waals surface area contributed by atoms with E-state index >= 15 is 0 Å². The molecule has 0 aliphatic heterocycles. The van der Waals surface area contributed by atoms with Gasteiger partial charge in [-0.25, -0.2) is 0 Å². The predicted octanol–water partition coefficient (Wildman–Crippen LogP) is 4.14. The quantitative estimate of drug-likeness (QED) is 0.908. The maximum atomic E-state index is 4.56. The van der Waals surface area contributed by atoms with Crippen molar-refractivity contribution in [2.24, 2.45) is 11.8 Å². The van der Waals surface area contributed by atoms with Crippen LogP contribution in [0.5, 0.6) is 0 Å². The lowest BCUT2D eigenvalue weighted by Gasteiger charge is -2.27. The second kappa shape index (κ2) is 4.57. The van der Waals surface area contributed by atoms with Crippen molar-refractivity contribution in [1.82, 2.24) is 10.3 Å². The van der Waals surface area contributed by atoms with E-state index in [1.54, 1.807) is 11.3 Å². The molecule has 2 saturated carbocycles.